The first-order valence-electron chi connectivity index (χ1n) is 10.7. The van der Waals surface area contributed by atoms with Gasteiger partial charge in [-0.3, -0.25) is 4.79 Å². The van der Waals surface area contributed by atoms with E-state index in [1.165, 1.54) is 0 Å². The van der Waals surface area contributed by atoms with Crippen molar-refractivity contribution in [2.75, 3.05) is 44.3 Å². The first kappa shape index (κ1) is 20.8. The number of benzene rings is 1. The molecular formula is C24H31N3O3. The van der Waals surface area contributed by atoms with Gasteiger partial charge in [0.15, 0.2) is 0 Å². The van der Waals surface area contributed by atoms with Crippen molar-refractivity contribution in [2.24, 2.45) is 5.41 Å². The third-order valence-corrected chi connectivity index (χ3v) is 5.86. The summed E-state index contributed by atoms with van der Waals surface area (Å²) in [6.45, 7) is 10.7. The quantitative estimate of drug-likeness (QED) is 0.776. The van der Waals surface area contributed by atoms with Gasteiger partial charge in [0, 0.05) is 25.8 Å². The summed E-state index contributed by atoms with van der Waals surface area (Å²) in [7, 11) is 0. The van der Waals surface area contributed by atoms with Crippen LogP contribution in [0.2, 0.25) is 0 Å². The Balaban J connectivity index is 1.52. The van der Waals surface area contributed by atoms with Crippen LogP contribution >= 0.6 is 0 Å². The Morgan fingerprint density at radius 2 is 1.77 bits per heavy atom. The van der Waals surface area contributed by atoms with Crippen LogP contribution in [-0.2, 0) is 9.47 Å². The third kappa shape index (κ3) is 4.65. The number of rotatable bonds is 3. The molecule has 0 aliphatic carbocycles. The molecule has 2 atom stereocenters. The minimum atomic E-state index is -0.131. The van der Waals surface area contributed by atoms with Gasteiger partial charge in [0.1, 0.15) is 11.9 Å². The lowest BCUT2D eigenvalue weighted by molar-refractivity contribution is -0.119. The van der Waals surface area contributed by atoms with Gasteiger partial charge in [-0.05, 0) is 23.1 Å². The Labute approximate surface area is 178 Å². The van der Waals surface area contributed by atoms with E-state index >= 15 is 0 Å². The summed E-state index contributed by atoms with van der Waals surface area (Å²) in [5, 5.41) is 0. The predicted octanol–water partition coefficient (Wildman–Crippen LogP) is 3.55. The largest absolute Gasteiger partial charge is 0.378 e. The molecule has 4 rings (SSSR count). The Bertz CT molecular complexity index is 842. The zero-order valence-electron chi connectivity index (χ0n) is 18.1. The van der Waals surface area contributed by atoms with Crippen molar-refractivity contribution in [3.8, 4) is 0 Å². The van der Waals surface area contributed by atoms with Crippen molar-refractivity contribution in [3.05, 3.63) is 59.8 Å². The van der Waals surface area contributed by atoms with E-state index < -0.39 is 0 Å². The molecule has 6 heteroatoms. The molecule has 2 aromatic rings. The average molecular weight is 410 g/mol. The molecule has 0 spiro atoms. The van der Waals surface area contributed by atoms with Crippen molar-refractivity contribution in [2.45, 2.75) is 33.0 Å². The number of hydrogen-bond donors (Lipinski definition) is 0. The summed E-state index contributed by atoms with van der Waals surface area (Å²) in [5.74, 6) is 0.904. The molecule has 0 radical (unpaired) electrons. The zero-order valence-corrected chi connectivity index (χ0v) is 18.1. The number of hydrogen-bond acceptors (Lipinski definition) is 5. The van der Waals surface area contributed by atoms with Gasteiger partial charge >= 0.3 is 0 Å². The molecule has 2 aliphatic rings. The summed E-state index contributed by atoms with van der Waals surface area (Å²) in [5.41, 5.74) is 1.66. The van der Waals surface area contributed by atoms with E-state index in [-0.39, 0.29) is 23.5 Å². The fourth-order valence-corrected chi connectivity index (χ4v) is 3.93. The number of morpholine rings is 2. The number of carbonyl (C=O) groups excluding carboxylic acids is 1. The summed E-state index contributed by atoms with van der Waals surface area (Å²) in [6, 6.07) is 14.0. The average Bonchev–Trinajstić information content (AvgIpc) is 2.79. The number of nitrogens with zero attached hydrogens (tertiary/aromatic N) is 3. The van der Waals surface area contributed by atoms with E-state index in [1.807, 2.05) is 35.2 Å². The molecular weight excluding hydrogens is 378 g/mol. The standard InChI is InChI=1S/C24H31N3O3/c1-24(2,3)21-17-27(16-20(30-21)18-7-5-4-6-8-18)23(28)19-9-10-22(25-15-19)26-11-13-29-14-12-26/h4-10,15,20-21H,11-14,16-17H2,1-3H3/t20-,21+/m0/s1. The van der Waals surface area contributed by atoms with Crippen LogP contribution in [0.4, 0.5) is 5.82 Å². The Hall–Kier alpha value is -2.44. The van der Waals surface area contributed by atoms with Crippen LogP contribution in [0.3, 0.4) is 0 Å². The van der Waals surface area contributed by atoms with Crippen molar-refractivity contribution < 1.29 is 14.3 Å². The Kier molecular flexibility index (Phi) is 6.06. The summed E-state index contributed by atoms with van der Waals surface area (Å²) < 4.78 is 11.8. The molecule has 0 N–H and O–H groups in total. The molecule has 2 fully saturated rings. The molecule has 1 amide bonds. The van der Waals surface area contributed by atoms with Crippen LogP contribution in [0.15, 0.2) is 48.7 Å². The van der Waals surface area contributed by atoms with Gasteiger partial charge in [0.25, 0.3) is 5.91 Å². The number of aromatic nitrogens is 1. The van der Waals surface area contributed by atoms with Crippen LogP contribution in [0.5, 0.6) is 0 Å². The van der Waals surface area contributed by atoms with Gasteiger partial charge < -0.3 is 19.3 Å². The van der Waals surface area contributed by atoms with Crippen LogP contribution < -0.4 is 4.90 Å². The number of amides is 1. The lowest BCUT2D eigenvalue weighted by atomic mass is 9.87. The second-order valence-electron chi connectivity index (χ2n) is 9.10. The second-order valence-corrected chi connectivity index (χ2v) is 9.10. The zero-order chi connectivity index (χ0) is 21.1. The van der Waals surface area contributed by atoms with Crippen LogP contribution in [-0.4, -0.2) is 61.3 Å². The number of anilines is 1. The number of pyridine rings is 1. The van der Waals surface area contributed by atoms with E-state index in [1.54, 1.807) is 6.20 Å². The topological polar surface area (TPSA) is 54.9 Å². The molecule has 160 valence electrons. The lowest BCUT2D eigenvalue weighted by Crippen LogP contribution is -2.51. The lowest BCUT2D eigenvalue weighted by Gasteiger charge is -2.43. The van der Waals surface area contributed by atoms with Crippen molar-refractivity contribution in [3.63, 3.8) is 0 Å². The van der Waals surface area contributed by atoms with Gasteiger partial charge in [-0.25, -0.2) is 4.98 Å². The Morgan fingerprint density at radius 3 is 2.40 bits per heavy atom. The molecule has 0 unspecified atom stereocenters. The summed E-state index contributed by atoms with van der Waals surface area (Å²) in [6.07, 6.45) is 1.53. The number of ether oxygens (including phenoxy) is 2. The van der Waals surface area contributed by atoms with E-state index in [0.29, 0.717) is 31.9 Å². The van der Waals surface area contributed by atoms with E-state index in [4.69, 9.17) is 9.47 Å². The maximum Gasteiger partial charge on any atom is 0.255 e. The predicted molar refractivity (Wildman–Crippen MR) is 117 cm³/mol. The Morgan fingerprint density at radius 1 is 1.03 bits per heavy atom. The van der Waals surface area contributed by atoms with E-state index in [0.717, 1.165) is 24.5 Å². The van der Waals surface area contributed by atoms with Crippen molar-refractivity contribution in [1.29, 1.82) is 0 Å². The molecule has 30 heavy (non-hydrogen) atoms. The molecule has 1 aromatic carbocycles. The van der Waals surface area contributed by atoms with Crippen LogP contribution in [0, 0.1) is 5.41 Å². The normalized spacial score (nSPS) is 22.8. The molecule has 0 bridgehead atoms. The molecule has 2 saturated heterocycles. The van der Waals surface area contributed by atoms with Gasteiger partial charge in [0.2, 0.25) is 0 Å². The van der Waals surface area contributed by atoms with Crippen molar-refractivity contribution in [1.82, 2.24) is 9.88 Å². The van der Waals surface area contributed by atoms with Gasteiger partial charge in [-0.2, -0.15) is 0 Å². The van der Waals surface area contributed by atoms with E-state index in [2.05, 4.69) is 42.8 Å². The van der Waals surface area contributed by atoms with Gasteiger partial charge in [-0.15, -0.1) is 0 Å². The first-order valence-corrected chi connectivity index (χ1v) is 10.7. The van der Waals surface area contributed by atoms with E-state index in [9.17, 15) is 4.79 Å². The first-order chi connectivity index (χ1) is 14.4. The molecule has 2 aliphatic heterocycles. The fraction of sp³-hybridized carbons (Fsp3) is 0.500. The van der Waals surface area contributed by atoms with Crippen LogP contribution in [0.1, 0.15) is 42.8 Å². The SMILES string of the molecule is CC(C)(C)[C@H]1CN(C(=O)c2ccc(N3CCOCC3)nc2)C[C@@H](c2ccccc2)O1. The minimum Gasteiger partial charge on any atom is -0.378 e. The summed E-state index contributed by atoms with van der Waals surface area (Å²) >= 11 is 0. The number of carbonyl (C=O) groups is 1. The van der Waals surface area contributed by atoms with Crippen molar-refractivity contribution >= 4 is 11.7 Å². The monoisotopic (exact) mass is 409 g/mol. The van der Waals surface area contributed by atoms with Gasteiger partial charge in [0.05, 0.1) is 31.4 Å². The fourth-order valence-electron chi connectivity index (χ4n) is 3.93. The van der Waals surface area contributed by atoms with Gasteiger partial charge in [-0.1, -0.05) is 51.1 Å². The highest BCUT2D eigenvalue weighted by Crippen LogP contribution is 2.34. The highest BCUT2D eigenvalue weighted by molar-refractivity contribution is 5.94. The van der Waals surface area contributed by atoms with Crippen LogP contribution in [0.25, 0.3) is 0 Å². The molecule has 3 heterocycles. The highest BCUT2D eigenvalue weighted by atomic mass is 16.5. The highest BCUT2D eigenvalue weighted by Gasteiger charge is 2.37. The smallest absolute Gasteiger partial charge is 0.255 e. The third-order valence-electron chi connectivity index (χ3n) is 5.86. The molecule has 6 nitrogen and oxygen atoms in total. The maximum absolute atomic E-state index is 13.3. The minimum absolute atomic E-state index is 0.00880. The molecule has 0 saturated carbocycles. The second kappa shape index (κ2) is 8.74. The molecule has 1 aromatic heterocycles. The summed E-state index contributed by atoms with van der Waals surface area (Å²) in [4.78, 5) is 22.0. The maximum atomic E-state index is 13.3.